The summed E-state index contributed by atoms with van der Waals surface area (Å²) < 4.78 is 2.85. The van der Waals surface area contributed by atoms with Gasteiger partial charge in [-0.15, -0.1) is 0 Å². The summed E-state index contributed by atoms with van der Waals surface area (Å²) in [4.78, 5) is 31.6. The molecule has 1 aromatic heterocycles. The van der Waals surface area contributed by atoms with Gasteiger partial charge in [-0.25, -0.2) is 4.98 Å². The fourth-order valence-electron chi connectivity index (χ4n) is 3.78. The standard InChI is InChI=1S/C23H23BrN4O2/c1-16(17-6-10-20(11-7-17)27-14-12-25-15-27)26-22(29)21-3-2-13-28(21)23(30)18-4-8-19(24)9-5-18/h4-12,14-16,21H,2-3,13H2,1H3,(H,26,29). The predicted octanol–water partition coefficient (Wildman–Crippen LogP) is 4.12. The summed E-state index contributed by atoms with van der Waals surface area (Å²) in [5.74, 6) is -0.207. The number of aromatic nitrogens is 2. The van der Waals surface area contributed by atoms with Gasteiger partial charge >= 0.3 is 0 Å². The van der Waals surface area contributed by atoms with Crippen molar-refractivity contribution >= 4 is 27.7 Å². The topological polar surface area (TPSA) is 67.2 Å². The predicted molar refractivity (Wildman–Crippen MR) is 118 cm³/mol. The maximum atomic E-state index is 13.0. The molecule has 0 radical (unpaired) electrons. The van der Waals surface area contributed by atoms with E-state index in [0.717, 1.165) is 22.1 Å². The molecule has 1 N–H and O–H groups in total. The Morgan fingerprint density at radius 3 is 2.53 bits per heavy atom. The van der Waals surface area contributed by atoms with Crippen molar-refractivity contribution in [3.63, 3.8) is 0 Å². The average Bonchev–Trinajstić information content (AvgIpc) is 3.46. The average molecular weight is 467 g/mol. The number of imidazole rings is 1. The molecule has 4 rings (SSSR count). The van der Waals surface area contributed by atoms with E-state index < -0.39 is 6.04 Å². The van der Waals surface area contributed by atoms with Gasteiger partial charge in [0.15, 0.2) is 0 Å². The third-order valence-electron chi connectivity index (χ3n) is 5.46. The molecule has 2 aromatic carbocycles. The monoisotopic (exact) mass is 466 g/mol. The lowest BCUT2D eigenvalue weighted by atomic mass is 10.1. The van der Waals surface area contributed by atoms with E-state index in [1.807, 2.05) is 54.1 Å². The van der Waals surface area contributed by atoms with Crippen LogP contribution in [0.25, 0.3) is 5.69 Å². The van der Waals surface area contributed by atoms with Gasteiger partial charge in [0, 0.05) is 34.7 Å². The number of hydrogen-bond acceptors (Lipinski definition) is 3. The van der Waals surface area contributed by atoms with Crippen LogP contribution in [0.5, 0.6) is 0 Å². The lowest BCUT2D eigenvalue weighted by Crippen LogP contribution is -2.46. The smallest absolute Gasteiger partial charge is 0.254 e. The van der Waals surface area contributed by atoms with Crippen molar-refractivity contribution in [3.8, 4) is 5.69 Å². The van der Waals surface area contributed by atoms with Crippen molar-refractivity contribution in [1.29, 1.82) is 0 Å². The molecule has 6 nitrogen and oxygen atoms in total. The third kappa shape index (κ3) is 4.31. The zero-order valence-electron chi connectivity index (χ0n) is 16.7. The number of halogens is 1. The highest BCUT2D eigenvalue weighted by atomic mass is 79.9. The van der Waals surface area contributed by atoms with Gasteiger partial charge in [0.25, 0.3) is 5.91 Å². The van der Waals surface area contributed by atoms with Crippen molar-refractivity contribution < 1.29 is 9.59 Å². The van der Waals surface area contributed by atoms with Gasteiger partial charge in [-0.1, -0.05) is 28.1 Å². The Labute approximate surface area is 184 Å². The molecule has 1 aliphatic heterocycles. The summed E-state index contributed by atoms with van der Waals surface area (Å²) >= 11 is 3.38. The molecule has 2 heterocycles. The Balaban J connectivity index is 1.42. The molecule has 1 saturated heterocycles. The molecule has 0 bridgehead atoms. The number of rotatable bonds is 5. The second-order valence-electron chi connectivity index (χ2n) is 7.46. The van der Waals surface area contributed by atoms with Crippen LogP contribution in [0.4, 0.5) is 0 Å². The number of nitrogens with one attached hydrogen (secondary N) is 1. The van der Waals surface area contributed by atoms with Gasteiger partial charge < -0.3 is 14.8 Å². The highest BCUT2D eigenvalue weighted by molar-refractivity contribution is 9.10. The summed E-state index contributed by atoms with van der Waals surface area (Å²) in [7, 11) is 0. The zero-order valence-corrected chi connectivity index (χ0v) is 18.2. The van der Waals surface area contributed by atoms with E-state index in [4.69, 9.17) is 0 Å². The lowest BCUT2D eigenvalue weighted by Gasteiger charge is -2.26. The van der Waals surface area contributed by atoms with Gasteiger partial charge in [-0.3, -0.25) is 9.59 Å². The number of nitrogens with zero attached hydrogens (tertiary/aromatic N) is 3. The molecule has 0 aliphatic carbocycles. The fraction of sp³-hybridized carbons (Fsp3) is 0.261. The minimum absolute atomic E-state index is 0.0995. The van der Waals surface area contributed by atoms with Crippen molar-refractivity contribution in [1.82, 2.24) is 19.8 Å². The Kier molecular flexibility index (Phi) is 5.99. The van der Waals surface area contributed by atoms with Crippen molar-refractivity contribution in [2.24, 2.45) is 0 Å². The molecule has 2 atom stereocenters. The molecule has 30 heavy (non-hydrogen) atoms. The molecule has 1 fully saturated rings. The van der Waals surface area contributed by atoms with E-state index >= 15 is 0 Å². The molecule has 154 valence electrons. The van der Waals surface area contributed by atoms with Crippen LogP contribution in [-0.2, 0) is 4.79 Å². The van der Waals surface area contributed by atoms with Crippen LogP contribution in [0.2, 0.25) is 0 Å². The normalized spacial score (nSPS) is 17.0. The van der Waals surface area contributed by atoms with E-state index in [0.29, 0.717) is 18.5 Å². The Hall–Kier alpha value is -2.93. The first-order valence-electron chi connectivity index (χ1n) is 9.98. The largest absolute Gasteiger partial charge is 0.348 e. The van der Waals surface area contributed by atoms with Crippen molar-refractivity contribution in [2.45, 2.75) is 31.8 Å². The number of hydrogen-bond donors (Lipinski definition) is 1. The highest BCUT2D eigenvalue weighted by Gasteiger charge is 2.35. The van der Waals surface area contributed by atoms with Crippen LogP contribution in [0.1, 0.15) is 41.7 Å². The minimum Gasteiger partial charge on any atom is -0.348 e. The molecule has 2 amide bonds. The molecular formula is C23H23BrN4O2. The first-order valence-corrected chi connectivity index (χ1v) is 10.8. The van der Waals surface area contributed by atoms with Gasteiger partial charge in [-0.2, -0.15) is 0 Å². The van der Waals surface area contributed by atoms with Gasteiger partial charge in [0.1, 0.15) is 6.04 Å². The summed E-state index contributed by atoms with van der Waals surface area (Å²) in [5, 5.41) is 3.08. The van der Waals surface area contributed by atoms with Crippen molar-refractivity contribution in [2.75, 3.05) is 6.54 Å². The lowest BCUT2D eigenvalue weighted by molar-refractivity contribution is -0.125. The van der Waals surface area contributed by atoms with E-state index in [-0.39, 0.29) is 17.9 Å². The highest BCUT2D eigenvalue weighted by Crippen LogP contribution is 2.23. The third-order valence-corrected chi connectivity index (χ3v) is 5.99. The van der Waals surface area contributed by atoms with Gasteiger partial charge in [0.2, 0.25) is 5.91 Å². The summed E-state index contributed by atoms with van der Waals surface area (Å²) in [6.45, 7) is 2.56. The van der Waals surface area contributed by atoms with Crippen molar-refractivity contribution in [3.05, 3.63) is 82.9 Å². The fourth-order valence-corrected chi connectivity index (χ4v) is 4.04. The number of likely N-dealkylation sites (tertiary alicyclic amines) is 1. The maximum absolute atomic E-state index is 13.0. The number of carbonyl (C=O) groups excluding carboxylic acids is 2. The van der Waals surface area contributed by atoms with Crippen LogP contribution < -0.4 is 5.32 Å². The Morgan fingerprint density at radius 1 is 1.13 bits per heavy atom. The Bertz CT molecular complexity index is 1020. The summed E-state index contributed by atoms with van der Waals surface area (Å²) in [6, 6.07) is 14.7. The molecule has 7 heteroatoms. The number of amides is 2. The van der Waals surface area contributed by atoms with Crippen LogP contribution in [0.3, 0.4) is 0 Å². The minimum atomic E-state index is -0.436. The van der Waals surface area contributed by atoms with Crippen LogP contribution in [0.15, 0.2) is 71.7 Å². The van der Waals surface area contributed by atoms with Crippen LogP contribution >= 0.6 is 15.9 Å². The Morgan fingerprint density at radius 2 is 1.87 bits per heavy atom. The molecule has 3 aromatic rings. The first kappa shape index (κ1) is 20.3. The van der Waals surface area contributed by atoms with E-state index in [1.54, 1.807) is 29.6 Å². The summed E-state index contributed by atoms with van der Waals surface area (Å²) in [6.07, 6.45) is 6.88. The van der Waals surface area contributed by atoms with Gasteiger partial charge in [-0.05, 0) is 61.7 Å². The van der Waals surface area contributed by atoms with E-state index in [1.165, 1.54) is 0 Å². The molecule has 0 spiro atoms. The molecule has 2 unspecified atom stereocenters. The first-order chi connectivity index (χ1) is 14.5. The quantitative estimate of drug-likeness (QED) is 0.614. The SMILES string of the molecule is CC(NC(=O)C1CCCN1C(=O)c1ccc(Br)cc1)c1ccc(-n2ccnc2)cc1. The summed E-state index contributed by atoms with van der Waals surface area (Å²) in [5.41, 5.74) is 2.62. The molecule has 0 saturated carbocycles. The molecular weight excluding hydrogens is 444 g/mol. The molecule has 1 aliphatic rings. The van der Waals surface area contributed by atoms with Crippen LogP contribution in [-0.4, -0.2) is 38.9 Å². The second kappa shape index (κ2) is 8.83. The zero-order chi connectivity index (χ0) is 21.1. The maximum Gasteiger partial charge on any atom is 0.254 e. The number of benzene rings is 2. The number of carbonyl (C=O) groups is 2. The van der Waals surface area contributed by atoms with E-state index in [2.05, 4.69) is 26.2 Å². The van der Waals surface area contributed by atoms with Crippen LogP contribution in [0, 0.1) is 0 Å². The second-order valence-corrected chi connectivity index (χ2v) is 8.37. The van der Waals surface area contributed by atoms with E-state index in [9.17, 15) is 9.59 Å². The van der Waals surface area contributed by atoms with Gasteiger partial charge in [0.05, 0.1) is 12.4 Å².